The van der Waals surface area contributed by atoms with Crippen molar-refractivity contribution in [1.29, 1.82) is 0 Å². The van der Waals surface area contributed by atoms with E-state index in [0.29, 0.717) is 23.4 Å². The molecule has 0 saturated carbocycles. The molecule has 1 aromatic rings. The van der Waals surface area contributed by atoms with Gasteiger partial charge in [-0.3, -0.25) is 9.59 Å². The molecule has 0 unspecified atom stereocenters. The fourth-order valence-corrected chi connectivity index (χ4v) is 4.19. The molecule has 0 spiro atoms. The molecule has 0 aromatic carbocycles. The largest absolute Gasteiger partial charge is 0.550 e. The first-order valence-electron chi connectivity index (χ1n) is 8.61. The summed E-state index contributed by atoms with van der Waals surface area (Å²) in [6, 6.07) is 1.72. The van der Waals surface area contributed by atoms with E-state index in [1.165, 1.54) is 11.3 Å². The number of hydrogen-bond donors (Lipinski definition) is 1. The van der Waals surface area contributed by atoms with Crippen molar-refractivity contribution < 1.29 is 19.5 Å². The SMILES string of the molecule is O=C([O-])[C@@H]1CC=CC[C@H]1C(=O)Nc1sccc1C(=O)N1CCCCC1. The lowest BCUT2D eigenvalue weighted by Gasteiger charge is -2.29. The van der Waals surface area contributed by atoms with Crippen LogP contribution in [0.2, 0.25) is 0 Å². The summed E-state index contributed by atoms with van der Waals surface area (Å²) in [5.41, 5.74) is 0.483. The number of nitrogens with one attached hydrogen (secondary N) is 1. The van der Waals surface area contributed by atoms with Gasteiger partial charge in [0.05, 0.1) is 11.5 Å². The molecule has 25 heavy (non-hydrogen) atoms. The van der Waals surface area contributed by atoms with E-state index in [1.54, 1.807) is 17.5 Å². The molecule has 134 valence electrons. The van der Waals surface area contributed by atoms with Crippen LogP contribution in [0.5, 0.6) is 0 Å². The Morgan fingerprint density at radius 3 is 2.44 bits per heavy atom. The molecule has 0 radical (unpaired) electrons. The summed E-state index contributed by atoms with van der Waals surface area (Å²) in [4.78, 5) is 38.3. The van der Waals surface area contributed by atoms with E-state index < -0.39 is 17.8 Å². The van der Waals surface area contributed by atoms with Gasteiger partial charge in [-0.25, -0.2) is 0 Å². The smallest absolute Gasteiger partial charge is 0.256 e. The lowest BCUT2D eigenvalue weighted by molar-refractivity contribution is -0.313. The summed E-state index contributed by atoms with van der Waals surface area (Å²) in [5.74, 6) is -3.15. The minimum Gasteiger partial charge on any atom is -0.550 e. The molecule has 1 aliphatic carbocycles. The third kappa shape index (κ3) is 3.92. The van der Waals surface area contributed by atoms with Gasteiger partial charge < -0.3 is 20.1 Å². The molecule has 2 aliphatic rings. The highest BCUT2D eigenvalue weighted by Gasteiger charge is 2.31. The number of carbonyl (C=O) groups excluding carboxylic acids is 3. The Balaban J connectivity index is 1.72. The fraction of sp³-hybridized carbons (Fsp3) is 0.500. The van der Waals surface area contributed by atoms with Crippen LogP contribution in [0, 0.1) is 11.8 Å². The molecule has 1 aliphatic heterocycles. The lowest BCUT2D eigenvalue weighted by atomic mass is 9.82. The third-order valence-corrected chi connectivity index (χ3v) is 5.68. The molecule has 0 bridgehead atoms. The van der Waals surface area contributed by atoms with Gasteiger partial charge in [0.15, 0.2) is 0 Å². The van der Waals surface area contributed by atoms with Crippen LogP contribution >= 0.6 is 11.3 Å². The van der Waals surface area contributed by atoms with Crippen molar-refractivity contribution in [2.75, 3.05) is 18.4 Å². The normalized spacial score (nSPS) is 23.3. The van der Waals surface area contributed by atoms with Crippen LogP contribution in [-0.2, 0) is 9.59 Å². The Labute approximate surface area is 150 Å². The molecular weight excluding hydrogens is 340 g/mol. The van der Waals surface area contributed by atoms with E-state index in [2.05, 4.69) is 5.32 Å². The number of thiophene rings is 1. The van der Waals surface area contributed by atoms with Crippen LogP contribution in [0.3, 0.4) is 0 Å². The van der Waals surface area contributed by atoms with E-state index in [4.69, 9.17) is 0 Å². The number of carbonyl (C=O) groups is 3. The molecule has 2 heterocycles. The van der Waals surface area contributed by atoms with E-state index in [1.807, 2.05) is 11.0 Å². The van der Waals surface area contributed by atoms with Gasteiger partial charge in [0.1, 0.15) is 5.00 Å². The van der Waals surface area contributed by atoms with Crippen LogP contribution in [0.4, 0.5) is 5.00 Å². The van der Waals surface area contributed by atoms with Gasteiger partial charge >= 0.3 is 0 Å². The maximum atomic E-state index is 12.7. The van der Waals surface area contributed by atoms with Crippen molar-refractivity contribution in [2.24, 2.45) is 11.8 Å². The summed E-state index contributed by atoms with van der Waals surface area (Å²) >= 11 is 1.28. The average molecular weight is 361 g/mol. The van der Waals surface area contributed by atoms with Crippen LogP contribution in [0.1, 0.15) is 42.5 Å². The number of nitrogens with zero attached hydrogens (tertiary/aromatic N) is 1. The zero-order chi connectivity index (χ0) is 17.8. The van der Waals surface area contributed by atoms with Gasteiger partial charge in [-0.1, -0.05) is 12.2 Å². The first-order chi connectivity index (χ1) is 12.1. The van der Waals surface area contributed by atoms with Crippen molar-refractivity contribution in [3.63, 3.8) is 0 Å². The summed E-state index contributed by atoms with van der Waals surface area (Å²) in [7, 11) is 0. The number of amides is 2. The first-order valence-corrected chi connectivity index (χ1v) is 9.49. The number of piperidine rings is 1. The minimum atomic E-state index is -1.21. The zero-order valence-corrected chi connectivity index (χ0v) is 14.7. The van der Waals surface area contributed by atoms with Crippen LogP contribution in [-0.4, -0.2) is 35.8 Å². The topological polar surface area (TPSA) is 89.5 Å². The molecule has 1 N–H and O–H groups in total. The second kappa shape index (κ2) is 7.82. The Kier molecular flexibility index (Phi) is 5.53. The number of allylic oxidation sites excluding steroid dienone is 2. The Morgan fingerprint density at radius 2 is 1.76 bits per heavy atom. The predicted octanol–water partition coefficient (Wildman–Crippen LogP) is 1.64. The summed E-state index contributed by atoms with van der Waals surface area (Å²) in [6.45, 7) is 1.48. The second-order valence-electron chi connectivity index (χ2n) is 6.48. The monoisotopic (exact) mass is 361 g/mol. The highest BCUT2D eigenvalue weighted by Crippen LogP contribution is 2.30. The molecule has 3 rings (SSSR count). The van der Waals surface area contributed by atoms with Gasteiger partial charge in [0.25, 0.3) is 5.91 Å². The molecule has 6 nitrogen and oxygen atoms in total. The minimum absolute atomic E-state index is 0.0729. The molecule has 1 saturated heterocycles. The van der Waals surface area contributed by atoms with Gasteiger partial charge in [-0.05, 0) is 43.6 Å². The van der Waals surface area contributed by atoms with E-state index in [-0.39, 0.29) is 11.8 Å². The van der Waals surface area contributed by atoms with Crippen molar-refractivity contribution in [3.8, 4) is 0 Å². The van der Waals surface area contributed by atoms with Crippen LogP contribution in [0.25, 0.3) is 0 Å². The number of rotatable bonds is 4. The summed E-state index contributed by atoms with van der Waals surface area (Å²) in [5, 5.41) is 16.3. The average Bonchev–Trinajstić information content (AvgIpc) is 3.09. The van der Waals surface area contributed by atoms with Crippen molar-refractivity contribution in [3.05, 3.63) is 29.2 Å². The van der Waals surface area contributed by atoms with Crippen molar-refractivity contribution in [1.82, 2.24) is 4.90 Å². The molecule has 1 aromatic heterocycles. The fourth-order valence-electron chi connectivity index (χ4n) is 3.41. The molecule has 7 heteroatoms. The Morgan fingerprint density at radius 1 is 1.08 bits per heavy atom. The lowest BCUT2D eigenvalue weighted by Crippen LogP contribution is -2.41. The standard InChI is InChI=1S/C18H22N2O4S/c21-15(12-6-2-3-7-13(12)18(23)24)19-16-14(8-11-25-16)17(22)20-9-4-1-5-10-20/h2-3,8,11-13H,1,4-7,9-10H2,(H,19,21)(H,23,24)/p-1/t12-,13-/m1/s1. The van der Waals surface area contributed by atoms with Gasteiger partial charge in [0, 0.05) is 25.0 Å². The van der Waals surface area contributed by atoms with Crippen molar-refractivity contribution >= 4 is 34.1 Å². The zero-order valence-electron chi connectivity index (χ0n) is 13.9. The quantitative estimate of drug-likeness (QED) is 0.826. The Bertz CT molecular complexity index is 691. The molecule has 1 fully saturated rings. The molecular formula is C18H21N2O4S-. The van der Waals surface area contributed by atoms with Gasteiger partial charge in [-0.15, -0.1) is 11.3 Å². The predicted molar refractivity (Wildman–Crippen MR) is 93.1 cm³/mol. The van der Waals surface area contributed by atoms with E-state index >= 15 is 0 Å². The molecule has 2 atom stereocenters. The highest BCUT2D eigenvalue weighted by molar-refractivity contribution is 7.14. The number of aliphatic carboxylic acids is 1. The highest BCUT2D eigenvalue weighted by atomic mass is 32.1. The van der Waals surface area contributed by atoms with E-state index in [0.717, 1.165) is 32.4 Å². The maximum absolute atomic E-state index is 12.7. The summed E-state index contributed by atoms with van der Waals surface area (Å²) < 4.78 is 0. The number of carboxylic acids is 1. The number of hydrogen-bond acceptors (Lipinski definition) is 5. The van der Waals surface area contributed by atoms with E-state index in [9.17, 15) is 19.5 Å². The second-order valence-corrected chi connectivity index (χ2v) is 7.40. The third-order valence-electron chi connectivity index (χ3n) is 4.85. The number of anilines is 1. The van der Waals surface area contributed by atoms with Crippen molar-refractivity contribution in [2.45, 2.75) is 32.1 Å². The van der Waals surface area contributed by atoms with Gasteiger partial charge in [-0.2, -0.15) is 0 Å². The van der Waals surface area contributed by atoms with Crippen LogP contribution in [0.15, 0.2) is 23.6 Å². The first kappa shape index (κ1) is 17.7. The number of carboxylic acid groups (broad SMARTS) is 1. The molecule has 2 amide bonds. The van der Waals surface area contributed by atoms with Gasteiger partial charge in [0.2, 0.25) is 5.91 Å². The van der Waals surface area contributed by atoms with Crippen LogP contribution < -0.4 is 10.4 Å². The Hall–Kier alpha value is -2.15. The maximum Gasteiger partial charge on any atom is 0.256 e. The summed E-state index contributed by atoms with van der Waals surface area (Å²) in [6.07, 6.45) is 7.38. The number of likely N-dealkylation sites (tertiary alicyclic amines) is 1.